The monoisotopic (exact) mass is 480 g/mol. The second-order valence-electron chi connectivity index (χ2n) is 6.77. The molecule has 2 aromatic heterocycles. The van der Waals surface area contributed by atoms with Gasteiger partial charge in [-0.15, -0.1) is 11.3 Å². The molecule has 0 aliphatic heterocycles. The van der Waals surface area contributed by atoms with Gasteiger partial charge in [0.2, 0.25) is 0 Å². The molecule has 0 unspecified atom stereocenters. The van der Waals surface area contributed by atoms with Crippen LogP contribution in [0, 0.1) is 6.92 Å². The predicted molar refractivity (Wildman–Crippen MR) is 125 cm³/mol. The highest BCUT2D eigenvalue weighted by molar-refractivity contribution is 7.59. The summed E-state index contributed by atoms with van der Waals surface area (Å²) in [5, 5.41) is 9.34. The normalized spacial score (nSPS) is 11.7. The summed E-state index contributed by atoms with van der Waals surface area (Å²) in [6, 6.07) is 9.20. The van der Waals surface area contributed by atoms with Crippen molar-refractivity contribution in [3.63, 3.8) is 0 Å². The van der Waals surface area contributed by atoms with Crippen molar-refractivity contribution in [2.75, 3.05) is 13.7 Å². The maximum absolute atomic E-state index is 13.1. The Morgan fingerprint density at radius 2 is 1.81 bits per heavy atom. The Balaban J connectivity index is 0.00000363. The van der Waals surface area contributed by atoms with Gasteiger partial charge in [0.05, 0.1) is 18.5 Å². The van der Waals surface area contributed by atoms with Gasteiger partial charge >= 0.3 is 17.6 Å². The van der Waals surface area contributed by atoms with Gasteiger partial charge in [0.25, 0.3) is 5.56 Å². The zero-order valence-electron chi connectivity index (χ0n) is 17.8. The van der Waals surface area contributed by atoms with Gasteiger partial charge in [0, 0.05) is 7.11 Å². The molecule has 2 heterocycles. The van der Waals surface area contributed by atoms with Crippen molar-refractivity contribution in [1.82, 2.24) is 9.13 Å². The number of carbonyl (C=O) groups excluding carboxylic acids is 1. The van der Waals surface area contributed by atoms with Gasteiger partial charge < -0.3 is 14.6 Å². The number of aryl methyl sites for hydroxylation is 1. The van der Waals surface area contributed by atoms with Gasteiger partial charge in [-0.05, 0) is 25.0 Å². The summed E-state index contributed by atoms with van der Waals surface area (Å²) in [4.78, 5) is 50.3. The fourth-order valence-corrected chi connectivity index (χ4v) is 4.57. The van der Waals surface area contributed by atoms with Crippen molar-refractivity contribution in [3.8, 4) is 0 Å². The van der Waals surface area contributed by atoms with E-state index in [9.17, 15) is 24.3 Å². The summed E-state index contributed by atoms with van der Waals surface area (Å²) >= 11 is 0.974. The number of esters is 1. The van der Waals surface area contributed by atoms with E-state index in [0.29, 0.717) is 10.1 Å². The lowest BCUT2D eigenvalue weighted by Gasteiger charge is -2.18. The lowest BCUT2D eigenvalue weighted by molar-refractivity contribution is -0.137. The first-order valence-corrected chi connectivity index (χ1v) is 10.3. The Hall–Kier alpha value is -2.89. The smallest absolute Gasteiger partial charge is 0.348 e. The standard InChI is InChI=1S/C21H22N2O7S.H2S/c1-4-30-20(27)17-12(2)16-18(26)22(11-15(24)25)21(28)23(19(16)31-17)10-14(29-3)13-8-6-5-7-9-13;/h5-9,14H,4,10-11H2,1-3H3,(H,24,25);1H2/t14-;/m1./s1. The minimum atomic E-state index is -1.32. The fraction of sp³-hybridized carbons (Fsp3) is 0.333. The molecule has 3 rings (SSSR count). The van der Waals surface area contributed by atoms with Crippen LogP contribution in [0.3, 0.4) is 0 Å². The van der Waals surface area contributed by atoms with E-state index in [1.165, 1.54) is 11.7 Å². The molecule has 0 saturated carbocycles. The number of carboxylic acids is 1. The second-order valence-corrected chi connectivity index (χ2v) is 7.77. The lowest BCUT2D eigenvalue weighted by atomic mass is 10.1. The van der Waals surface area contributed by atoms with Crippen LogP contribution < -0.4 is 11.2 Å². The number of aliphatic carboxylic acids is 1. The molecule has 3 aromatic rings. The molecule has 0 radical (unpaired) electrons. The highest BCUT2D eigenvalue weighted by atomic mass is 32.1. The molecule has 1 aromatic carbocycles. The van der Waals surface area contributed by atoms with Gasteiger partial charge in [-0.25, -0.2) is 14.2 Å². The molecule has 1 N–H and O–H groups in total. The largest absolute Gasteiger partial charge is 0.480 e. The number of ether oxygens (including phenoxy) is 2. The molecule has 172 valence electrons. The average Bonchev–Trinajstić information content (AvgIpc) is 3.09. The van der Waals surface area contributed by atoms with Crippen LogP contribution >= 0.6 is 24.8 Å². The van der Waals surface area contributed by atoms with Crippen LogP contribution in [0.15, 0.2) is 39.9 Å². The number of thiophene rings is 1. The van der Waals surface area contributed by atoms with Crippen molar-refractivity contribution in [2.24, 2.45) is 0 Å². The van der Waals surface area contributed by atoms with E-state index in [4.69, 9.17) is 9.47 Å². The van der Waals surface area contributed by atoms with Crippen molar-refractivity contribution in [1.29, 1.82) is 0 Å². The molecule has 11 heteroatoms. The molecule has 1 atom stereocenters. The van der Waals surface area contributed by atoms with E-state index >= 15 is 0 Å². The van der Waals surface area contributed by atoms with E-state index < -0.39 is 35.8 Å². The van der Waals surface area contributed by atoms with E-state index in [-0.39, 0.29) is 41.7 Å². The number of aromatic nitrogens is 2. The van der Waals surface area contributed by atoms with Gasteiger partial charge in [0.15, 0.2) is 0 Å². The Kier molecular flexibility index (Phi) is 8.42. The molecule has 0 fully saturated rings. The molecule has 0 bridgehead atoms. The summed E-state index contributed by atoms with van der Waals surface area (Å²) in [6.07, 6.45) is -0.536. The Morgan fingerprint density at radius 3 is 2.38 bits per heavy atom. The molecule has 0 spiro atoms. The van der Waals surface area contributed by atoms with E-state index in [2.05, 4.69) is 0 Å². The summed E-state index contributed by atoms with van der Waals surface area (Å²) in [7, 11) is 1.50. The minimum Gasteiger partial charge on any atom is -0.480 e. The van der Waals surface area contributed by atoms with E-state index in [1.807, 2.05) is 30.3 Å². The van der Waals surface area contributed by atoms with Crippen LogP contribution in [0.25, 0.3) is 10.2 Å². The number of carboxylic acid groups (broad SMARTS) is 1. The van der Waals surface area contributed by atoms with Crippen molar-refractivity contribution >= 4 is 47.0 Å². The third-order valence-corrected chi connectivity index (χ3v) is 6.15. The predicted octanol–water partition coefficient (Wildman–Crippen LogP) is 2.29. The number of rotatable bonds is 8. The number of carbonyl (C=O) groups is 2. The van der Waals surface area contributed by atoms with Crippen molar-refractivity contribution in [3.05, 3.63) is 67.2 Å². The third-order valence-electron chi connectivity index (χ3n) is 4.85. The molecular weight excluding hydrogens is 456 g/mol. The van der Waals surface area contributed by atoms with Crippen molar-refractivity contribution < 1.29 is 24.2 Å². The Labute approximate surface area is 194 Å². The molecule has 9 nitrogen and oxygen atoms in total. The molecule has 0 amide bonds. The van der Waals surface area contributed by atoms with Crippen molar-refractivity contribution in [2.45, 2.75) is 33.0 Å². The molecule has 0 aliphatic carbocycles. The van der Waals surface area contributed by atoms with Crippen LogP contribution in [-0.4, -0.2) is 39.9 Å². The zero-order valence-corrected chi connectivity index (χ0v) is 19.6. The highest BCUT2D eigenvalue weighted by Crippen LogP contribution is 2.30. The van der Waals surface area contributed by atoms with E-state index in [1.54, 1.807) is 13.8 Å². The lowest BCUT2D eigenvalue weighted by Crippen LogP contribution is -2.42. The average molecular weight is 481 g/mol. The minimum absolute atomic E-state index is 0. The quantitative estimate of drug-likeness (QED) is 0.492. The number of fused-ring (bicyclic) bond motifs is 1. The Bertz CT molecular complexity index is 1240. The van der Waals surface area contributed by atoms with Gasteiger partial charge in [-0.2, -0.15) is 13.5 Å². The van der Waals surface area contributed by atoms with Crippen LogP contribution in [0.1, 0.15) is 33.8 Å². The number of nitrogens with zero attached hydrogens (tertiary/aromatic N) is 2. The fourth-order valence-electron chi connectivity index (χ4n) is 3.37. The number of methoxy groups -OCH3 is 1. The van der Waals surface area contributed by atoms with Crippen LogP contribution in [0.4, 0.5) is 0 Å². The maximum atomic E-state index is 13.1. The molecule has 32 heavy (non-hydrogen) atoms. The van der Waals surface area contributed by atoms with Gasteiger partial charge in [-0.1, -0.05) is 30.3 Å². The number of hydrogen-bond acceptors (Lipinski definition) is 7. The Morgan fingerprint density at radius 1 is 1.16 bits per heavy atom. The highest BCUT2D eigenvalue weighted by Gasteiger charge is 2.26. The van der Waals surface area contributed by atoms with Crippen LogP contribution in [0.5, 0.6) is 0 Å². The summed E-state index contributed by atoms with van der Waals surface area (Å²) in [5.41, 5.74) is -0.379. The molecule has 0 aliphatic rings. The van der Waals surface area contributed by atoms with E-state index in [0.717, 1.165) is 16.9 Å². The maximum Gasteiger partial charge on any atom is 0.348 e. The first-order chi connectivity index (χ1) is 14.8. The zero-order chi connectivity index (χ0) is 22.7. The van der Waals surface area contributed by atoms with Gasteiger partial charge in [-0.3, -0.25) is 14.2 Å². The number of hydrogen-bond donors (Lipinski definition) is 1. The molecular formula is C21H24N2O7S2. The summed E-state index contributed by atoms with van der Waals surface area (Å²) < 4.78 is 12.6. The van der Waals surface area contributed by atoms with Crippen LogP contribution in [-0.2, 0) is 27.4 Å². The SMILES string of the molecule is CCOC(=O)c1sc2c(c1C)c(=O)n(CC(=O)O)c(=O)n2C[C@@H](OC)c1ccccc1.S. The second kappa shape index (κ2) is 10.6. The summed E-state index contributed by atoms with van der Waals surface area (Å²) in [5.74, 6) is -1.93. The van der Waals surface area contributed by atoms with Crippen LogP contribution in [0.2, 0.25) is 0 Å². The first-order valence-electron chi connectivity index (χ1n) is 9.53. The summed E-state index contributed by atoms with van der Waals surface area (Å²) in [6.45, 7) is 2.64. The topological polar surface area (TPSA) is 117 Å². The first kappa shape index (κ1) is 25.4. The van der Waals surface area contributed by atoms with Gasteiger partial charge in [0.1, 0.15) is 22.4 Å². The molecule has 0 saturated heterocycles. The number of benzene rings is 1. The third kappa shape index (κ3) is 4.79.